The van der Waals surface area contributed by atoms with Crippen LogP contribution in [0.1, 0.15) is 15.9 Å². The molecule has 0 saturated carbocycles. The third-order valence-electron chi connectivity index (χ3n) is 5.30. The zero-order chi connectivity index (χ0) is 20.5. The first-order chi connectivity index (χ1) is 14.7. The Balaban J connectivity index is 1.60. The maximum atomic E-state index is 12.6. The summed E-state index contributed by atoms with van der Waals surface area (Å²) in [5, 5.41) is 5.31. The van der Waals surface area contributed by atoms with Gasteiger partial charge in [0.1, 0.15) is 0 Å². The normalized spacial score (nSPS) is 11.1. The number of carbonyl (C=O) groups is 1. The Hall–Kier alpha value is -3.37. The number of aromatic nitrogens is 1. The van der Waals surface area contributed by atoms with Crippen molar-refractivity contribution in [2.75, 3.05) is 5.32 Å². The number of nitrogens with one attached hydrogen (secondary N) is 1. The molecule has 1 N–H and O–H groups in total. The fourth-order valence-corrected chi connectivity index (χ4v) is 4.24. The molecule has 0 atom stereocenters. The van der Waals surface area contributed by atoms with E-state index >= 15 is 0 Å². The maximum absolute atomic E-state index is 12.6. The number of anilines is 1. The number of amides is 1. The van der Waals surface area contributed by atoms with E-state index in [4.69, 9.17) is 0 Å². The van der Waals surface area contributed by atoms with Gasteiger partial charge >= 0.3 is 0 Å². The van der Waals surface area contributed by atoms with Crippen molar-refractivity contribution in [3.63, 3.8) is 0 Å². The molecule has 1 amide bonds. The molecule has 0 spiro atoms. The highest BCUT2D eigenvalue weighted by atomic mass is 79.9. The average Bonchev–Trinajstić information content (AvgIpc) is 3.07. The van der Waals surface area contributed by atoms with Crippen molar-refractivity contribution in [1.82, 2.24) is 4.57 Å². The van der Waals surface area contributed by atoms with Gasteiger partial charge in [0.05, 0.1) is 0 Å². The lowest BCUT2D eigenvalue weighted by atomic mass is 10.1. The molecule has 0 unspecified atom stereocenters. The van der Waals surface area contributed by atoms with Gasteiger partial charge in [-0.3, -0.25) is 4.79 Å². The van der Waals surface area contributed by atoms with E-state index in [-0.39, 0.29) is 5.91 Å². The second-order valence-corrected chi connectivity index (χ2v) is 8.20. The van der Waals surface area contributed by atoms with E-state index in [0.29, 0.717) is 5.56 Å². The zero-order valence-corrected chi connectivity index (χ0v) is 17.8. The number of halogens is 1. The minimum absolute atomic E-state index is 0.107. The summed E-state index contributed by atoms with van der Waals surface area (Å²) >= 11 is 3.60. The summed E-state index contributed by atoms with van der Waals surface area (Å²) < 4.78 is 3.36. The summed E-state index contributed by atoms with van der Waals surface area (Å²) in [7, 11) is 0. The first kappa shape index (κ1) is 18.6. The third-order valence-corrected chi connectivity index (χ3v) is 5.80. The Kier molecular flexibility index (Phi) is 4.85. The largest absolute Gasteiger partial charge is 0.336 e. The number of hydrogen-bond acceptors (Lipinski definition) is 1. The van der Waals surface area contributed by atoms with Gasteiger partial charge in [0.2, 0.25) is 0 Å². The van der Waals surface area contributed by atoms with E-state index in [1.54, 1.807) is 0 Å². The van der Waals surface area contributed by atoms with Crippen molar-refractivity contribution >= 4 is 49.3 Å². The van der Waals surface area contributed by atoms with Crippen LogP contribution in [-0.2, 0) is 6.54 Å². The van der Waals surface area contributed by atoms with Crippen molar-refractivity contribution in [1.29, 1.82) is 0 Å². The van der Waals surface area contributed by atoms with Gasteiger partial charge in [-0.2, -0.15) is 0 Å². The maximum Gasteiger partial charge on any atom is 0.255 e. The zero-order valence-electron chi connectivity index (χ0n) is 16.2. The number of hydrogen-bond donors (Lipinski definition) is 1. The van der Waals surface area contributed by atoms with Gasteiger partial charge in [-0.1, -0.05) is 64.5 Å². The highest BCUT2D eigenvalue weighted by Crippen LogP contribution is 2.33. The van der Waals surface area contributed by atoms with E-state index in [9.17, 15) is 4.79 Å². The van der Waals surface area contributed by atoms with Crippen molar-refractivity contribution in [2.24, 2.45) is 0 Å². The van der Waals surface area contributed by atoms with E-state index in [1.807, 2.05) is 42.5 Å². The van der Waals surface area contributed by atoms with E-state index in [2.05, 4.69) is 80.4 Å². The summed E-state index contributed by atoms with van der Waals surface area (Å²) in [6.45, 7) is 0.790. The van der Waals surface area contributed by atoms with Crippen LogP contribution in [0.2, 0.25) is 0 Å². The number of carbonyl (C=O) groups excluding carboxylic acids is 1. The number of fused-ring (bicyclic) bond motifs is 3. The molecule has 4 heteroatoms. The average molecular weight is 455 g/mol. The van der Waals surface area contributed by atoms with E-state index in [0.717, 1.165) is 33.0 Å². The number of benzene rings is 4. The molecule has 0 aliphatic heterocycles. The molecule has 0 aliphatic rings. The molecule has 1 aromatic heterocycles. The lowest BCUT2D eigenvalue weighted by Gasteiger charge is -2.09. The summed E-state index contributed by atoms with van der Waals surface area (Å²) in [4.78, 5) is 12.6. The van der Waals surface area contributed by atoms with Crippen LogP contribution in [0.5, 0.6) is 0 Å². The summed E-state index contributed by atoms with van der Waals surface area (Å²) in [5.41, 5.74) is 5.00. The highest BCUT2D eigenvalue weighted by molar-refractivity contribution is 9.10. The molecule has 4 aromatic carbocycles. The van der Waals surface area contributed by atoms with Crippen LogP contribution in [0.4, 0.5) is 5.69 Å². The van der Waals surface area contributed by atoms with Crippen LogP contribution in [-0.4, -0.2) is 10.5 Å². The van der Waals surface area contributed by atoms with Crippen LogP contribution in [0.15, 0.2) is 102 Å². The Morgan fingerprint density at radius 2 is 1.40 bits per heavy atom. The molecule has 3 nitrogen and oxygen atoms in total. The second kappa shape index (κ2) is 7.81. The Morgan fingerprint density at radius 3 is 2.13 bits per heavy atom. The predicted molar refractivity (Wildman–Crippen MR) is 127 cm³/mol. The Bertz CT molecular complexity index is 1360. The van der Waals surface area contributed by atoms with Crippen LogP contribution >= 0.6 is 15.9 Å². The van der Waals surface area contributed by atoms with Crippen LogP contribution in [0.25, 0.3) is 21.8 Å². The van der Waals surface area contributed by atoms with Crippen molar-refractivity contribution in [3.8, 4) is 0 Å². The highest BCUT2D eigenvalue weighted by Gasteiger charge is 2.13. The first-order valence-electron chi connectivity index (χ1n) is 9.81. The topological polar surface area (TPSA) is 34.0 Å². The van der Waals surface area contributed by atoms with Gasteiger partial charge in [-0.25, -0.2) is 0 Å². The molecule has 1 heterocycles. The SMILES string of the molecule is O=C(Nc1ccc2c(c1)c1cc(Br)ccc1n2Cc1ccccc1)c1ccccc1. The first-order valence-corrected chi connectivity index (χ1v) is 10.6. The summed E-state index contributed by atoms with van der Waals surface area (Å²) in [6, 6.07) is 32.2. The lowest BCUT2D eigenvalue weighted by molar-refractivity contribution is 0.102. The minimum atomic E-state index is -0.107. The van der Waals surface area contributed by atoms with Gasteiger partial charge in [0.25, 0.3) is 5.91 Å². The fraction of sp³-hybridized carbons (Fsp3) is 0.0385. The molecule has 5 aromatic rings. The van der Waals surface area contributed by atoms with Crippen molar-refractivity contribution in [3.05, 3.63) is 113 Å². The molecule has 0 radical (unpaired) electrons. The quantitative estimate of drug-likeness (QED) is 0.316. The molecular formula is C26H19BrN2O. The predicted octanol–water partition coefficient (Wildman–Crippen LogP) is 6.86. The minimum Gasteiger partial charge on any atom is -0.336 e. The van der Waals surface area contributed by atoms with Gasteiger partial charge in [0.15, 0.2) is 0 Å². The molecular weight excluding hydrogens is 436 g/mol. The molecule has 0 saturated heterocycles. The van der Waals surface area contributed by atoms with E-state index in [1.165, 1.54) is 11.1 Å². The monoisotopic (exact) mass is 454 g/mol. The van der Waals surface area contributed by atoms with Crippen LogP contribution in [0, 0.1) is 0 Å². The molecule has 0 fully saturated rings. The molecule has 0 aliphatic carbocycles. The summed E-state index contributed by atoms with van der Waals surface area (Å²) in [6.07, 6.45) is 0. The van der Waals surface area contributed by atoms with Crippen LogP contribution in [0.3, 0.4) is 0 Å². The van der Waals surface area contributed by atoms with Gasteiger partial charge in [-0.05, 0) is 54.1 Å². The Morgan fingerprint density at radius 1 is 0.767 bits per heavy atom. The standard InChI is InChI=1S/C26H19BrN2O/c27-20-11-13-24-22(15-20)23-16-21(28-26(30)19-9-5-2-6-10-19)12-14-25(23)29(24)17-18-7-3-1-4-8-18/h1-16H,17H2,(H,28,30). The molecule has 30 heavy (non-hydrogen) atoms. The third kappa shape index (κ3) is 3.51. The smallest absolute Gasteiger partial charge is 0.255 e. The second-order valence-electron chi connectivity index (χ2n) is 7.29. The van der Waals surface area contributed by atoms with E-state index < -0.39 is 0 Å². The van der Waals surface area contributed by atoms with Crippen LogP contribution < -0.4 is 5.32 Å². The molecule has 0 bridgehead atoms. The van der Waals surface area contributed by atoms with Crippen molar-refractivity contribution < 1.29 is 4.79 Å². The number of nitrogens with zero attached hydrogens (tertiary/aromatic N) is 1. The fourth-order valence-electron chi connectivity index (χ4n) is 3.88. The van der Waals surface area contributed by atoms with Gasteiger partial charge < -0.3 is 9.88 Å². The van der Waals surface area contributed by atoms with Gasteiger partial charge in [0, 0.05) is 44.1 Å². The lowest BCUT2D eigenvalue weighted by Crippen LogP contribution is -2.11. The summed E-state index contributed by atoms with van der Waals surface area (Å²) in [5.74, 6) is -0.107. The number of rotatable bonds is 4. The van der Waals surface area contributed by atoms with Crippen molar-refractivity contribution in [2.45, 2.75) is 6.54 Å². The molecule has 146 valence electrons. The van der Waals surface area contributed by atoms with Gasteiger partial charge in [-0.15, -0.1) is 0 Å². The Labute approximate surface area is 183 Å². The molecule has 5 rings (SSSR count).